The highest BCUT2D eigenvalue weighted by Crippen LogP contribution is 2.28. The molecule has 0 saturated carbocycles. The maximum Gasteiger partial charge on any atom is 0.0192 e. The van der Waals surface area contributed by atoms with Gasteiger partial charge in [-0.25, -0.2) is 0 Å². The van der Waals surface area contributed by atoms with Crippen LogP contribution in [0.15, 0.2) is 30.3 Å². The van der Waals surface area contributed by atoms with Crippen molar-refractivity contribution in [1.82, 2.24) is 0 Å². The van der Waals surface area contributed by atoms with Crippen LogP contribution in [0.25, 0.3) is 0 Å². The molecule has 1 aromatic rings. The molecule has 0 fully saturated rings. The molecular formula is C16H27N. The van der Waals surface area contributed by atoms with Crippen molar-refractivity contribution in [2.45, 2.75) is 58.9 Å². The van der Waals surface area contributed by atoms with E-state index in [0.717, 1.165) is 19.3 Å². The van der Waals surface area contributed by atoms with E-state index in [2.05, 4.69) is 58.0 Å². The van der Waals surface area contributed by atoms with Crippen molar-refractivity contribution in [2.24, 2.45) is 11.1 Å². The first-order valence-corrected chi connectivity index (χ1v) is 6.67. The van der Waals surface area contributed by atoms with Crippen LogP contribution in [-0.4, -0.2) is 5.54 Å². The molecule has 17 heavy (non-hydrogen) atoms. The summed E-state index contributed by atoms with van der Waals surface area (Å²) in [5.41, 5.74) is 8.21. The summed E-state index contributed by atoms with van der Waals surface area (Å²) in [4.78, 5) is 0. The maximum atomic E-state index is 6.54. The SMILES string of the molecule is CCC(N)(CCC(C)(C)C)Cc1ccccc1. The van der Waals surface area contributed by atoms with Crippen LogP contribution in [0, 0.1) is 5.41 Å². The van der Waals surface area contributed by atoms with Crippen LogP contribution in [0.1, 0.15) is 52.5 Å². The minimum Gasteiger partial charge on any atom is -0.325 e. The molecule has 1 atom stereocenters. The first-order chi connectivity index (χ1) is 7.85. The van der Waals surface area contributed by atoms with E-state index in [1.54, 1.807) is 0 Å². The molecule has 0 aliphatic rings. The summed E-state index contributed by atoms with van der Waals surface area (Å²) < 4.78 is 0. The average molecular weight is 233 g/mol. The molecule has 0 heterocycles. The lowest BCUT2D eigenvalue weighted by molar-refractivity contribution is 0.283. The third kappa shape index (κ3) is 5.36. The van der Waals surface area contributed by atoms with E-state index in [4.69, 9.17) is 5.73 Å². The van der Waals surface area contributed by atoms with Gasteiger partial charge in [0.25, 0.3) is 0 Å². The second-order valence-electron chi connectivity index (χ2n) is 6.44. The van der Waals surface area contributed by atoms with E-state index in [1.165, 1.54) is 12.0 Å². The third-order valence-electron chi connectivity index (χ3n) is 3.48. The second-order valence-corrected chi connectivity index (χ2v) is 6.44. The lowest BCUT2D eigenvalue weighted by Crippen LogP contribution is -2.42. The number of nitrogens with two attached hydrogens (primary N) is 1. The van der Waals surface area contributed by atoms with Gasteiger partial charge in [-0.2, -0.15) is 0 Å². The Balaban J connectivity index is 2.63. The Bertz CT molecular complexity index is 323. The van der Waals surface area contributed by atoms with Crippen molar-refractivity contribution in [3.05, 3.63) is 35.9 Å². The summed E-state index contributed by atoms with van der Waals surface area (Å²) in [5, 5.41) is 0. The van der Waals surface area contributed by atoms with Gasteiger partial charge in [0.15, 0.2) is 0 Å². The molecule has 1 heteroatoms. The summed E-state index contributed by atoms with van der Waals surface area (Å²) in [5.74, 6) is 0. The smallest absolute Gasteiger partial charge is 0.0192 e. The minimum absolute atomic E-state index is 0.0470. The van der Waals surface area contributed by atoms with Gasteiger partial charge in [0.2, 0.25) is 0 Å². The Kier molecular flexibility index (Phi) is 4.76. The zero-order chi connectivity index (χ0) is 12.9. The van der Waals surface area contributed by atoms with Gasteiger partial charge in [-0.3, -0.25) is 0 Å². The molecule has 0 amide bonds. The van der Waals surface area contributed by atoms with Gasteiger partial charge in [0.1, 0.15) is 0 Å². The van der Waals surface area contributed by atoms with Crippen molar-refractivity contribution in [1.29, 1.82) is 0 Å². The van der Waals surface area contributed by atoms with Crippen molar-refractivity contribution < 1.29 is 0 Å². The molecule has 0 aliphatic carbocycles. The van der Waals surface area contributed by atoms with Crippen LogP contribution >= 0.6 is 0 Å². The minimum atomic E-state index is -0.0470. The number of rotatable bonds is 5. The van der Waals surface area contributed by atoms with Crippen LogP contribution < -0.4 is 5.73 Å². The van der Waals surface area contributed by atoms with E-state index >= 15 is 0 Å². The lowest BCUT2D eigenvalue weighted by Gasteiger charge is -2.31. The van der Waals surface area contributed by atoms with Crippen LogP contribution in [0.3, 0.4) is 0 Å². The molecule has 0 radical (unpaired) electrons. The van der Waals surface area contributed by atoms with E-state index in [0.29, 0.717) is 5.41 Å². The molecule has 0 spiro atoms. The summed E-state index contributed by atoms with van der Waals surface area (Å²) in [7, 11) is 0. The maximum absolute atomic E-state index is 6.54. The van der Waals surface area contributed by atoms with Crippen molar-refractivity contribution >= 4 is 0 Å². The highest BCUT2D eigenvalue weighted by Gasteiger charge is 2.25. The zero-order valence-corrected chi connectivity index (χ0v) is 11.8. The first-order valence-electron chi connectivity index (χ1n) is 6.67. The predicted molar refractivity (Wildman–Crippen MR) is 76.0 cm³/mol. The van der Waals surface area contributed by atoms with Gasteiger partial charge in [-0.15, -0.1) is 0 Å². The second kappa shape index (κ2) is 5.68. The summed E-state index contributed by atoms with van der Waals surface area (Å²) in [6, 6.07) is 10.6. The van der Waals surface area contributed by atoms with Gasteiger partial charge >= 0.3 is 0 Å². The van der Waals surface area contributed by atoms with Crippen molar-refractivity contribution in [3.8, 4) is 0 Å². The highest BCUT2D eigenvalue weighted by molar-refractivity contribution is 5.17. The first kappa shape index (κ1) is 14.2. The molecule has 0 bridgehead atoms. The molecular weight excluding hydrogens is 206 g/mol. The van der Waals surface area contributed by atoms with E-state index < -0.39 is 0 Å². The zero-order valence-electron chi connectivity index (χ0n) is 11.8. The molecule has 1 nitrogen and oxygen atoms in total. The van der Waals surface area contributed by atoms with Gasteiger partial charge in [-0.1, -0.05) is 58.0 Å². The van der Waals surface area contributed by atoms with E-state index in [9.17, 15) is 0 Å². The van der Waals surface area contributed by atoms with Crippen LogP contribution in [-0.2, 0) is 6.42 Å². The Morgan fingerprint density at radius 3 is 2.06 bits per heavy atom. The third-order valence-corrected chi connectivity index (χ3v) is 3.48. The fourth-order valence-corrected chi connectivity index (χ4v) is 2.02. The largest absolute Gasteiger partial charge is 0.325 e. The summed E-state index contributed by atoms with van der Waals surface area (Å²) >= 11 is 0. The Hall–Kier alpha value is -0.820. The normalized spacial score (nSPS) is 15.6. The Morgan fingerprint density at radius 2 is 1.59 bits per heavy atom. The van der Waals surface area contributed by atoms with Gasteiger partial charge in [0.05, 0.1) is 0 Å². The number of hydrogen-bond donors (Lipinski definition) is 1. The molecule has 2 N–H and O–H groups in total. The van der Waals surface area contributed by atoms with Crippen molar-refractivity contribution in [2.75, 3.05) is 0 Å². The van der Waals surface area contributed by atoms with Gasteiger partial charge < -0.3 is 5.73 Å². The summed E-state index contributed by atoms with van der Waals surface area (Å²) in [6.07, 6.45) is 4.31. The van der Waals surface area contributed by atoms with Gasteiger partial charge in [-0.05, 0) is 36.7 Å². The van der Waals surface area contributed by atoms with E-state index in [1.807, 2.05) is 0 Å². The average Bonchev–Trinajstić information content (AvgIpc) is 2.27. The highest BCUT2D eigenvalue weighted by atomic mass is 14.7. The molecule has 1 unspecified atom stereocenters. The van der Waals surface area contributed by atoms with Crippen molar-refractivity contribution in [3.63, 3.8) is 0 Å². The van der Waals surface area contributed by atoms with Gasteiger partial charge in [0, 0.05) is 5.54 Å². The Labute approximate surface area is 106 Å². The standard InChI is InChI=1S/C16H27N/c1-5-16(17,12-11-15(2,3)4)13-14-9-7-6-8-10-14/h6-10H,5,11-13,17H2,1-4H3. The molecule has 0 aromatic heterocycles. The Morgan fingerprint density at radius 1 is 1.00 bits per heavy atom. The monoisotopic (exact) mass is 233 g/mol. The topological polar surface area (TPSA) is 26.0 Å². The lowest BCUT2D eigenvalue weighted by atomic mass is 9.79. The molecule has 1 aromatic carbocycles. The fourth-order valence-electron chi connectivity index (χ4n) is 2.02. The predicted octanol–water partition coefficient (Wildman–Crippen LogP) is 4.16. The number of hydrogen-bond acceptors (Lipinski definition) is 1. The molecule has 0 aliphatic heterocycles. The molecule has 96 valence electrons. The van der Waals surface area contributed by atoms with Crippen LogP contribution in [0.4, 0.5) is 0 Å². The molecule has 1 rings (SSSR count). The quantitative estimate of drug-likeness (QED) is 0.812. The number of benzene rings is 1. The van der Waals surface area contributed by atoms with Crippen LogP contribution in [0.2, 0.25) is 0 Å². The summed E-state index contributed by atoms with van der Waals surface area (Å²) in [6.45, 7) is 9.05. The van der Waals surface area contributed by atoms with E-state index in [-0.39, 0.29) is 5.54 Å². The molecule has 0 saturated heterocycles. The fraction of sp³-hybridized carbons (Fsp3) is 0.625. The van der Waals surface area contributed by atoms with Crippen LogP contribution in [0.5, 0.6) is 0 Å².